The Hall–Kier alpha value is -1.22. The molecule has 0 aliphatic carbocycles. The summed E-state index contributed by atoms with van der Waals surface area (Å²) in [5, 5.41) is 3.40. The highest BCUT2D eigenvalue weighted by Gasteiger charge is 1.95. The molecule has 0 aromatic heterocycles. The molecular weight excluding hydrogens is 226 g/mol. The minimum atomic E-state index is 0.698. The molecule has 0 fully saturated rings. The Bertz CT molecular complexity index is 298. The maximum atomic E-state index is 5.65. The second kappa shape index (κ2) is 9.77. The third-order valence-corrected chi connectivity index (χ3v) is 2.61. The summed E-state index contributed by atoms with van der Waals surface area (Å²) in [5.74, 6) is 1.80. The van der Waals surface area contributed by atoms with Crippen molar-refractivity contribution >= 4 is 0 Å². The smallest absolute Gasteiger partial charge is 0.119 e. The second-order valence-electron chi connectivity index (χ2n) is 4.21. The van der Waals surface area contributed by atoms with Crippen LogP contribution in [-0.2, 0) is 0 Å². The largest absolute Gasteiger partial charge is 0.494 e. The summed E-state index contributed by atoms with van der Waals surface area (Å²) < 4.78 is 11.0. The Balaban J connectivity index is 2.08. The SMILES string of the molecule is CCCCNCCCOc1ccc(OCC)cc1. The van der Waals surface area contributed by atoms with Gasteiger partial charge in [-0.3, -0.25) is 0 Å². The van der Waals surface area contributed by atoms with E-state index in [1.165, 1.54) is 12.8 Å². The fourth-order valence-corrected chi connectivity index (χ4v) is 1.61. The summed E-state index contributed by atoms with van der Waals surface area (Å²) in [6.45, 7) is 7.78. The van der Waals surface area contributed by atoms with Crippen LogP contribution in [0.4, 0.5) is 0 Å². The fraction of sp³-hybridized carbons (Fsp3) is 0.600. The molecule has 3 heteroatoms. The first kappa shape index (κ1) is 14.8. The molecule has 0 saturated carbocycles. The summed E-state index contributed by atoms with van der Waals surface area (Å²) >= 11 is 0. The first-order valence-corrected chi connectivity index (χ1v) is 6.93. The number of hydrogen-bond donors (Lipinski definition) is 1. The zero-order chi connectivity index (χ0) is 13.1. The van der Waals surface area contributed by atoms with Gasteiger partial charge in [0.05, 0.1) is 13.2 Å². The van der Waals surface area contributed by atoms with Crippen LogP contribution >= 0.6 is 0 Å². The van der Waals surface area contributed by atoms with Gasteiger partial charge in [-0.05, 0) is 57.1 Å². The van der Waals surface area contributed by atoms with Gasteiger partial charge in [-0.15, -0.1) is 0 Å². The lowest BCUT2D eigenvalue weighted by molar-refractivity contribution is 0.306. The summed E-state index contributed by atoms with van der Waals surface area (Å²) in [6, 6.07) is 7.79. The van der Waals surface area contributed by atoms with Gasteiger partial charge in [0.25, 0.3) is 0 Å². The third-order valence-electron chi connectivity index (χ3n) is 2.61. The summed E-state index contributed by atoms with van der Waals surface area (Å²) in [5.41, 5.74) is 0. The molecule has 0 atom stereocenters. The maximum Gasteiger partial charge on any atom is 0.119 e. The highest BCUT2D eigenvalue weighted by Crippen LogP contribution is 2.17. The first-order chi connectivity index (χ1) is 8.86. The van der Waals surface area contributed by atoms with Crippen LogP contribution < -0.4 is 14.8 Å². The van der Waals surface area contributed by atoms with Crippen LogP contribution in [0.5, 0.6) is 11.5 Å². The minimum Gasteiger partial charge on any atom is -0.494 e. The van der Waals surface area contributed by atoms with E-state index in [1.807, 2.05) is 31.2 Å². The second-order valence-corrected chi connectivity index (χ2v) is 4.21. The highest BCUT2D eigenvalue weighted by molar-refractivity contribution is 5.31. The first-order valence-electron chi connectivity index (χ1n) is 6.93. The van der Waals surface area contributed by atoms with Gasteiger partial charge in [0.15, 0.2) is 0 Å². The third kappa shape index (κ3) is 6.50. The minimum absolute atomic E-state index is 0.698. The molecule has 0 radical (unpaired) electrons. The van der Waals surface area contributed by atoms with Crippen LogP contribution in [0.15, 0.2) is 24.3 Å². The zero-order valence-corrected chi connectivity index (χ0v) is 11.6. The number of nitrogens with one attached hydrogen (secondary N) is 1. The van der Waals surface area contributed by atoms with E-state index in [-0.39, 0.29) is 0 Å². The van der Waals surface area contributed by atoms with Crippen LogP contribution in [0, 0.1) is 0 Å². The molecule has 0 spiro atoms. The molecule has 1 aromatic carbocycles. The van der Waals surface area contributed by atoms with Crippen LogP contribution in [0.1, 0.15) is 33.1 Å². The van der Waals surface area contributed by atoms with Gasteiger partial charge in [-0.25, -0.2) is 0 Å². The van der Waals surface area contributed by atoms with Crippen molar-refractivity contribution in [3.8, 4) is 11.5 Å². The van der Waals surface area contributed by atoms with Crippen molar-refractivity contribution in [1.82, 2.24) is 5.32 Å². The van der Waals surface area contributed by atoms with Crippen molar-refractivity contribution in [3.05, 3.63) is 24.3 Å². The quantitative estimate of drug-likeness (QED) is 0.648. The van der Waals surface area contributed by atoms with Crippen LogP contribution in [0.2, 0.25) is 0 Å². The molecule has 102 valence electrons. The van der Waals surface area contributed by atoms with Crippen molar-refractivity contribution in [2.75, 3.05) is 26.3 Å². The normalized spacial score (nSPS) is 10.3. The number of benzene rings is 1. The summed E-state index contributed by atoms with van der Waals surface area (Å²) in [4.78, 5) is 0. The lowest BCUT2D eigenvalue weighted by atomic mass is 10.3. The maximum absolute atomic E-state index is 5.65. The van der Waals surface area contributed by atoms with Gasteiger partial charge in [0.2, 0.25) is 0 Å². The number of hydrogen-bond acceptors (Lipinski definition) is 3. The van der Waals surface area contributed by atoms with Crippen molar-refractivity contribution < 1.29 is 9.47 Å². The van der Waals surface area contributed by atoms with Gasteiger partial charge < -0.3 is 14.8 Å². The van der Waals surface area contributed by atoms with Crippen molar-refractivity contribution in [2.45, 2.75) is 33.1 Å². The van der Waals surface area contributed by atoms with E-state index in [2.05, 4.69) is 12.2 Å². The predicted molar refractivity (Wildman–Crippen MR) is 75.5 cm³/mol. The Morgan fingerprint density at radius 1 is 0.889 bits per heavy atom. The van der Waals surface area contributed by atoms with Crippen LogP contribution in [0.25, 0.3) is 0 Å². The molecule has 1 aromatic rings. The highest BCUT2D eigenvalue weighted by atomic mass is 16.5. The Morgan fingerprint density at radius 2 is 1.50 bits per heavy atom. The van der Waals surface area contributed by atoms with Gasteiger partial charge in [0.1, 0.15) is 11.5 Å². The summed E-state index contributed by atoms with van der Waals surface area (Å²) in [7, 11) is 0. The number of unbranched alkanes of at least 4 members (excludes halogenated alkanes) is 1. The molecule has 18 heavy (non-hydrogen) atoms. The Kier molecular flexibility index (Phi) is 8.06. The van der Waals surface area contributed by atoms with E-state index in [0.29, 0.717) is 6.61 Å². The van der Waals surface area contributed by atoms with Gasteiger partial charge >= 0.3 is 0 Å². The van der Waals surface area contributed by atoms with E-state index in [1.54, 1.807) is 0 Å². The summed E-state index contributed by atoms with van der Waals surface area (Å²) in [6.07, 6.45) is 3.53. The lowest BCUT2D eigenvalue weighted by Gasteiger charge is -2.08. The Morgan fingerprint density at radius 3 is 2.11 bits per heavy atom. The molecule has 1 rings (SSSR count). The van der Waals surface area contributed by atoms with Gasteiger partial charge in [-0.2, -0.15) is 0 Å². The average molecular weight is 251 g/mol. The predicted octanol–water partition coefficient (Wildman–Crippen LogP) is 3.24. The molecule has 0 amide bonds. The number of ether oxygens (including phenoxy) is 2. The van der Waals surface area contributed by atoms with E-state index in [0.717, 1.165) is 37.6 Å². The van der Waals surface area contributed by atoms with E-state index in [9.17, 15) is 0 Å². The van der Waals surface area contributed by atoms with Crippen molar-refractivity contribution in [2.24, 2.45) is 0 Å². The monoisotopic (exact) mass is 251 g/mol. The van der Waals surface area contributed by atoms with Gasteiger partial charge in [-0.1, -0.05) is 13.3 Å². The number of rotatable bonds is 10. The lowest BCUT2D eigenvalue weighted by Crippen LogP contribution is -2.18. The molecule has 0 aliphatic rings. The van der Waals surface area contributed by atoms with Crippen LogP contribution in [0.3, 0.4) is 0 Å². The standard InChI is InChI=1S/C15H25NO2/c1-3-5-11-16-12-6-13-18-15-9-7-14(8-10-15)17-4-2/h7-10,16H,3-6,11-13H2,1-2H3. The van der Waals surface area contributed by atoms with E-state index >= 15 is 0 Å². The van der Waals surface area contributed by atoms with E-state index in [4.69, 9.17) is 9.47 Å². The fourth-order valence-electron chi connectivity index (χ4n) is 1.61. The topological polar surface area (TPSA) is 30.5 Å². The molecule has 0 bridgehead atoms. The molecule has 1 N–H and O–H groups in total. The zero-order valence-electron chi connectivity index (χ0n) is 11.6. The van der Waals surface area contributed by atoms with Crippen molar-refractivity contribution in [1.29, 1.82) is 0 Å². The molecule has 0 saturated heterocycles. The Labute approximate surface area is 110 Å². The van der Waals surface area contributed by atoms with Crippen molar-refractivity contribution in [3.63, 3.8) is 0 Å². The molecule has 0 heterocycles. The van der Waals surface area contributed by atoms with E-state index < -0.39 is 0 Å². The van der Waals surface area contributed by atoms with Crippen LogP contribution in [-0.4, -0.2) is 26.3 Å². The average Bonchev–Trinajstić information content (AvgIpc) is 2.40. The molecule has 0 aliphatic heterocycles. The molecular formula is C15H25NO2. The van der Waals surface area contributed by atoms with Gasteiger partial charge in [0, 0.05) is 0 Å². The molecule has 0 unspecified atom stereocenters. The molecule has 3 nitrogen and oxygen atoms in total.